The molecule has 0 bridgehead atoms. The van der Waals surface area contributed by atoms with Crippen molar-refractivity contribution < 1.29 is 24.0 Å². The quantitative estimate of drug-likeness (QED) is 0.198. The molecule has 3 rings (SSSR count). The summed E-state index contributed by atoms with van der Waals surface area (Å²) in [6.07, 6.45) is 1.64. The normalized spacial score (nSPS) is 14.7. The predicted octanol–water partition coefficient (Wildman–Crippen LogP) is 3.31. The SMILES string of the molecule is COc1cc(C=C2SC(=S)NC2=O)ccc1OC(=O)c1ccc([N+](=O)[O-])cc1. The molecule has 0 unspecified atom stereocenters. The van der Waals surface area contributed by atoms with Crippen LogP contribution < -0.4 is 14.8 Å². The van der Waals surface area contributed by atoms with Gasteiger partial charge < -0.3 is 14.8 Å². The first-order valence-corrected chi connectivity index (χ1v) is 8.99. The van der Waals surface area contributed by atoms with E-state index >= 15 is 0 Å². The second-order valence-corrected chi connectivity index (χ2v) is 7.17. The number of benzene rings is 2. The first kappa shape index (κ1) is 19.5. The lowest BCUT2D eigenvalue weighted by Gasteiger charge is -2.10. The van der Waals surface area contributed by atoms with Gasteiger partial charge in [0.25, 0.3) is 11.6 Å². The fourth-order valence-corrected chi connectivity index (χ4v) is 3.35. The Kier molecular flexibility index (Phi) is 5.71. The number of nitro benzene ring substituents is 1. The van der Waals surface area contributed by atoms with E-state index in [0.717, 1.165) is 11.8 Å². The van der Waals surface area contributed by atoms with Gasteiger partial charge in [0, 0.05) is 12.1 Å². The van der Waals surface area contributed by atoms with Crippen molar-refractivity contribution in [2.45, 2.75) is 0 Å². The molecule has 0 saturated carbocycles. The van der Waals surface area contributed by atoms with Crippen LogP contribution in [-0.4, -0.2) is 28.2 Å². The highest BCUT2D eigenvalue weighted by Gasteiger charge is 2.22. The molecule has 1 N–H and O–H groups in total. The molecule has 1 fully saturated rings. The van der Waals surface area contributed by atoms with E-state index in [1.54, 1.807) is 18.2 Å². The van der Waals surface area contributed by atoms with E-state index in [9.17, 15) is 19.7 Å². The third-order valence-corrected chi connectivity index (χ3v) is 4.81. The molecule has 0 atom stereocenters. The molecular formula is C18H12N2O6S2. The van der Waals surface area contributed by atoms with Crippen molar-refractivity contribution in [2.24, 2.45) is 0 Å². The van der Waals surface area contributed by atoms with E-state index in [0.29, 0.717) is 14.8 Å². The summed E-state index contributed by atoms with van der Waals surface area (Å²) in [5.41, 5.74) is 0.695. The lowest BCUT2D eigenvalue weighted by Crippen LogP contribution is -2.17. The topological polar surface area (TPSA) is 108 Å². The minimum Gasteiger partial charge on any atom is -0.493 e. The van der Waals surface area contributed by atoms with Crippen LogP contribution in [-0.2, 0) is 4.79 Å². The second-order valence-electron chi connectivity index (χ2n) is 5.46. The summed E-state index contributed by atoms with van der Waals surface area (Å²) in [5.74, 6) is -0.499. The number of thiocarbonyl (C=S) groups is 1. The number of ether oxygens (including phenoxy) is 2. The maximum absolute atomic E-state index is 12.3. The number of carbonyl (C=O) groups is 2. The predicted molar refractivity (Wildman–Crippen MR) is 107 cm³/mol. The Morgan fingerprint density at radius 3 is 2.50 bits per heavy atom. The largest absolute Gasteiger partial charge is 0.493 e. The zero-order valence-corrected chi connectivity index (χ0v) is 16.0. The molecule has 0 aromatic heterocycles. The van der Waals surface area contributed by atoms with Crippen molar-refractivity contribution in [3.8, 4) is 11.5 Å². The maximum atomic E-state index is 12.3. The highest BCUT2D eigenvalue weighted by Crippen LogP contribution is 2.32. The van der Waals surface area contributed by atoms with E-state index in [1.165, 1.54) is 37.4 Å². The number of methoxy groups -OCH3 is 1. The molecule has 10 heteroatoms. The van der Waals surface area contributed by atoms with Gasteiger partial charge in [0.1, 0.15) is 4.32 Å². The third kappa shape index (κ3) is 4.35. The number of carbonyl (C=O) groups excluding carboxylic acids is 2. The molecule has 8 nitrogen and oxygen atoms in total. The summed E-state index contributed by atoms with van der Waals surface area (Å²) in [6, 6.07) is 9.86. The molecule has 1 aliphatic rings. The molecule has 2 aromatic rings. The fraction of sp³-hybridized carbons (Fsp3) is 0.0556. The van der Waals surface area contributed by atoms with Crippen LogP contribution in [0.4, 0.5) is 5.69 Å². The number of hydrogen-bond donors (Lipinski definition) is 1. The van der Waals surface area contributed by atoms with Crippen molar-refractivity contribution in [2.75, 3.05) is 7.11 Å². The maximum Gasteiger partial charge on any atom is 0.343 e. The second kappa shape index (κ2) is 8.19. The van der Waals surface area contributed by atoms with Gasteiger partial charge in [0.05, 0.1) is 22.5 Å². The van der Waals surface area contributed by atoms with Crippen LogP contribution in [0.3, 0.4) is 0 Å². The Bertz CT molecular complexity index is 1020. The first-order valence-electron chi connectivity index (χ1n) is 7.77. The van der Waals surface area contributed by atoms with Crippen LogP contribution in [0.2, 0.25) is 0 Å². The number of non-ortho nitro benzene ring substituents is 1. The summed E-state index contributed by atoms with van der Waals surface area (Å²) in [7, 11) is 1.42. The van der Waals surface area contributed by atoms with Gasteiger partial charge in [-0.2, -0.15) is 0 Å². The Hall–Kier alpha value is -3.24. The van der Waals surface area contributed by atoms with Gasteiger partial charge in [-0.05, 0) is 35.9 Å². The van der Waals surface area contributed by atoms with Crippen molar-refractivity contribution in [1.29, 1.82) is 0 Å². The summed E-state index contributed by atoms with van der Waals surface area (Å²) in [4.78, 5) is 34.6. The fourth-order valence-electron chi connectivity index (χ4n) is 2.31. The highest BCUT2D eigenvalue weighted by molar-refractivity contribution is 8.26. The van der Waals surface area contributed by atoms with Gasteiger partial charge in [-0.25, -0.2) is 4.79 Å². The van der Waals surface area contributed by atoms with E-state index in [4.69, 9.17) is 21.7 Å². The molecule has 0 spiro atoms. The average molecular weight is 416 g/mol. The summed E-state index contributed by atoms with van der Waals surface area (Å²) in [6.45, 7) is 0. The zero-order chi connectivity index (χ0) is 20.3. The first-order chi connectivity index (χ1) is 13.4. The van der Waals surface area contributed by atoms with Crippen molar-refractivity contribution in [3.63, 3.8) is 0 Å². The number of nitrogens with one attached hydrogen (secondary N) is 1. The third-order valence-electron chi connectivity index (χ3n) is 3.64. The Balaban J connectivity index is 1.79. The molecule has 28 heavy (non-hydrogen) atoms. The lowest BCUT2D eigenvalue weighted by atomic mass is 10.1. The Morgan fingerprint density at radius 1 is 1.21 bits per heavy atom. The van der Waals surface area contributed by atoms with Crippen LogP contribution in [0.1, 0.15) is 15.9 Å². The molecular weight excluding hydrogens is 404 g/mol. The summed E-state index contributed by atoms with van der Waals surface area (Å²) >= 11 is 6.10. The van der Waals surface area contributed by atoms with Gasteiger partial charge in [0.15, 0.2) is 11.5 Å². The average Bonchev–Trinajstić information content (AvgIpc) is 2.99. The molecule has 1 aliphatic heterocycles. The van der Waals surface area contributed by atoms with Gasteiger partial charge in [0.2, 0.25) is 0 Å². The van der Waals surface area contributed by atoms with Crippen molar-refractivity contribution >= 4 is 51.9 Å². The van der Waals surface area contributed by atoms with Crippen molar-refractivity contribution in [3.05, 3.63) is 68.6 Å². The van der Waals surface area contributed by atoms with E-state index in [1.807, 2.05) is 0 Å². The van der Waals surface area contributed by atoms with Crippen LogP contribution in [0.15, 0.2) is 47.4 Å². The standard InChI is InChI=1S/C18H12N2O6S2/c1-25-14-8-10(9-15-16(21)19-18(27)28-15)2-7-13(14)26-17(22)11-3-5-12(6-4-11)20(23)24/h2-9H,1H3,(H,19,21,27). The van der Waals surface area contributed by atoms with E-state index in [2.05, 4.69) is 5.32 Å². The number of thioether (sulfide) groups is 1. The lowest BCUT2D eigenvalue weighted by molar-refractivity contribution is -0.384. The van der Waals surface area contributed by atoms with Crippen molar-refractivity contribution in [1.82, 2.24) is 5.32 Å². The number of nitrogens with zero attached hydrogens (tertiary/aromatic N) is 1. The molecule has 2 aromatic carbocycles. The van der Waals surface area contributed by atoms with Crippen LogP contribution >= 0.6 is 24.0 Å². The number of rotatable bonds is 5. The smallest absolute Gasteiger partial charge is 0.343 e. The Labute approximate surface area is 168 Å². The molecule has 142 valence electrons. The van der Waals surface area contributed by atoms with E-state index < -0.39 is 10.9 Å². The monoisotopic (exact) mass is 416 g/mol. The number of hydrogen-bond acceptors (Lipinski definition) is 8. The minimum absolute atomic E-state index is 0.125. The molecule has 0 aliphatic carbocycles. The van der Waals surface area contributed by atoms with Gasteiger partial charge in [-0.15, -0.1) is 0 Å². The number of nitro groups is 1. The molecule has 1 saturated heterocycles. The Morgan fingerprint density at radius 2 is 1.93 bits per heavy atom. The molecule has 0 radical (unpaired) electrons. The molecule has 1 amide bonds. The number of esters is 1. The van der Waals surface area contributed by atoms with E-state index in [-0.39, 0.29) is 28.7 Å². The zero-order valence-electron chi connectivity index (χ0n) is 14.3. The highest BCUT2D eigenvalue weighted by atomic mass is 32.2. The molecule has 1 heterocycles. The van der Waals surface area contributed by atoms with Crippen LogP contribution in [0.5, 0.6) is 11.5 Å². The van der Waals surface area contributed by atoms with Crippen LogP contribution in [0.25, 0.3) is 6.08 Å². The van der Waals surface area contributed by atoms with Gasteiger partial charge in [-0.3, -0.25) is 14.9 Å². The number of amides is 1. The summed E-state index contributed by atoms with van der Waals surface area (Å²) in [5, 5.41) is 13.2. The minimum atomic E-state index is -0.685. The van der Waals surface area contributed by atoms with Gasteiger partial charge >= 0.3 is 5.97 Å². The van der Waals surface area contributed by atoms with Gasteiger partial charge in [-0.1, -0.05) is 30.0 Å². The summed E-state index contributed by atoms with van der Waals surface area (Å²) < 4.78 is 11.0. The van der Waals surface area contributed by atoms with Crippen LogP contribution in [0, 0.1) is 10.1 Å².